The summed E-state index contributed by atoms with van der Waals surface area (Å²) in [5.74, 6) is 0. The van der Waals surface area contributed by atoms with Crippen LogP contribution in [0.2, 0.25) is 0 Å². The van der Waals surface area contributed by atoms with E-state index in [1.165, 1.54) is 0 Å². The number of primary amides is 1. The molecule has 1 spiro atoms. The van der Waals surface area contributed by atoms with E-state index in [-0.39, 0.29) is 22.1 Å². The third kappa shape index (κ3) is 3.09. The molecule has 0 atom stereocenters. The molecule has 2 fully saturated rings. The normalized spacial score (nSPS) is 20.1. The summed E-state index contributed by atoms with van der Waals surface area (Å²) in [6.45, 7) is 3.75. The van der Waals surface area contributed by atoms with Gasteiger partial charge in [0.2, 0.25) is 0 Å². The molecule has 23 heavy (non-hydrogen) atoms. The molecule has 0 unspecified atom stereocenters. The van der Waals surface area contributed by atoms with Gasteiger partial charge in [-0.2, -0.15) is 0 Å². The maximum Gasteiger partial charge on any atom is 0.404 e. The SMILES string of the molecule is Cc1cc([N+](=O)[O-])ccc1N1CCC2(CC1)CC(OC(N)=O)C2. The molecule has 1 aliphatic heterocycles. The first-order valence-electron chi connectivity index (χ1n) is 7.85. The molecule has 3 rings (SSSR count). The summed E-state index contributed by atoms with van der Waals surface area (Å²) in [5, 5.41) is 10.8. The summed E-state index contributed by atoms with van der Waals surface area (Å²) in [6.07, 6.45) is 3.15. The minimum absolute atomic E-state index is 0.0276. The van der Waals surface area contributed by atoms with Crippen LogP contribution >= 0.6 is 0 Å². The average Bonchev–Trinajstić information content (AvgIpc) is 2.46. The van der Waals surface area contributed by atoms with Crippen molar-refractivity contribution in [2.75, 3.05) is 18.0 Å². The van der Waals surface area contributed by atoms with Crippen molar-refractivity contribution in [2.24, 2.45) is 11.1 Å². The van der Waals surface area contributed by atoms with E-state index in [0.29, 0.717) is 0 Å². The van der Waals surface area contributed by atoms with Crippen LogP contribution < -0.4 is 10.6 Å². The number of hydrogen-bond acceptors (Lipinski definition) is 5. The van der Waals surface area contributed by atoms with Crippen molar-refractivity contribution in [3.05, 3.63) is 33.9 Å². The van der Waals surface area contributed by atoms with E-state index in [0.717, 1.165) is 50.0 Å². The number of piperidine rings is 1. The van der Waals surface area contributed by atoms with Crippen molar-refractivity contribution < 1.29 is 14.5 Å². The van der Waals surface area contributed by atoms with Gasteiger partial charge >= 0.3 is 6.09 Å². The fourth-order valence-corrected chi connectivity index (χ4v) is 3.89. The largest absolute Gasteiger partial charge is 0.446 e. The van der Waals surface area contributed by atoms with Gasteiger partial charge in [0.05, 0.1) is 4.92 Å². The predicted molar refractivity (Wildman–Crippen MR) is 85.4 cm³/mol. The number of amides is 1. The van der Waals surface area contributed by atoms with E-state index < -0.39 is 6.09 Å². The second kappa shape index (κ2) is 5.72. The number of nitrogens with two attached hydrogens (primary N) is 1. The number of anilines is 1. The Bertz CT molecular complexity index is 630. The lowest BCUT2D eigenvalue weighted by molar-refractivity contribution is -0.384. The standard InChI is InChI=1S/C16H21N3O4/c1-11-8-12(19(21)22)2-3-14(11)18-6-4-16(5-7-18)9-13(10-16)23-15(17)20/h2-3,8,13H,4-7,9-10H2,1H3,(H2,17,20). The Morgan fingerprint density at radius 1 is 1.39 bits per heavy atom. The maximum absolute atomic E-state index is 10.8. The number of nitro benzene ring substituents is 1. The maximum atomic E-state index is 10.8. The lowest BCUT2D eigenvalue weighted by Crippen LogP contribution is -2.50. The Labute approximate surface area is 134 Å². The Balaban J connectivity index is 1.60. The number of nitrogens with zero attached hydrogens (tertiary/aromatic N) is 2. The van der Waals surface area contributed by atoms with Crippen LogP contribution in [0.5, 0.6) is 0 Å². The minimum Gasteiger partial charge on any atom is -0.446 e. The predicted octanol–water partition coefficient (Wildman–Crippen LogP) is 2.75. The van der Waals surface area contributed by atoms with E-state index in [1.807, 2.05) is 13.0 Å². The molecule has 0 aromatic heterocycles. The first kappa shape index (κ1) is 15.6. The molecule has 1 amide bonds. The highest BCUT2D eigenvalue weighted by Gasteiger charge is 2.47. The lowest BCUT2D eigenvalue weighted by atomic mass is 9.61. The first-order chi connectivity index (χ1) is 10.9. The van der Waals surface area contributed by atoms with Crippen LogP contribution in [0.3, 0.4) is 0 Å². The topological polar surface area (TPSA) is 98.7 Å². The number of hydrogen-bond donors (Lipinski definition) is 1. The molecule has 1 saturated carbocycles. The van der Waals surface area contributed by atoms with Crippen LogP contribution in [-0.4, -0.2) is 30.2 Å². The van der Waals surface area contributed by atoms with Crippen molar-refractivity contribution in [3.8, 4) is 0 Å². The highest BCUT2D eigenvalue weighted by atomic mass is 16.6. The zero-order valence-corrected chi connectivity index (χ0v) is 13.2. The number of nitro groups is 1. The Morgan fingerprint density at radius 2 is 2.04 bits per heavy atom. The number of non-ortho nitro benzene ring substituents is 1. The van der Waals surface area contributed by atoms with Crippen molar-refractivity contribution in [2.45, 2.75) is 38.7 Å². The summed E-state index contributed by atoms with van der Waals surface area (Å²) < 4.78 is 5.04. The van der Waals surface area contributed by atoms with Crippen LogP contribution in [0.25, 0.3) is 0 Å². The van der Waals surface area contributed by atoms with Gasteiger partial charge in [0.15, 0.2) is 0 Å². The van der Waals surface area contributed by atoms with Crippen LogP contribution in [0.15, 0.2) is 18.2 Å². The smallest absolute Gasteiger partial charge is 0.404 e. The Hall–Kier alpha value is -2.31. The molecule has 1 saturated heterocycles. The summed E-state index contributed by atoms with van der Waals surface area (Å²) >= 11 is 0. The zero-order valence-electron chi connectivity index (χ0n) is 13.2. The molecule has 1 aromatic rings. The van der Waals surface area contributed by atoms with Gasteiger partial charge in [-0.25, -0.2) is 4.79 Å². The first-order valence-corrected chi connectivity index (χ1v) is 7.85. The van der Waals surface area contributed by atoms with Crippen LogP contribution in [0.1, 0.15) is 31.2 Å². The summed E-state index contributed by atoms with van der Waals surface area (Å²) in [7, 11) is 0. The highest BCUT2D eigenvalue weighted by Crippen LogP contribution is 2.50. The van der Waals surface area contributed by atoms with Gasteiger partial charge in [-0.3, -0.25) is 10.1 Å². The Kier molecular flexibility index (Phi) is 3.87. The van der Waals surface area contributed by atoms with Gasteiger partial charge in [-0.15, -0.1) is 0 Å². The molecule has 0 radical (unpaired) electrons. The molecule has 1 aromatic carbocycles. The second-order valence-corrected chi connectivity index (χ2v) is 6.68. The zero-order chi connectivity index (χ0) is 16.6. The summed E-state index contributed by atoms with van der Waals surface area (Å²) in [5.41, 5.74) is 7.44. The Morgan fingerprint density at radius 3 is 2.57 bits per heavy atom. The van der Waals surface area contributed by atoms with Gasteiger partial charge in [0.1, 0.15) is 6.10 Å². The van der Waals surface area contributed by atoms with E-state index >= 15 is 0 Å². The molecule has 0 bridgehead atoms. The molecular formula is C16H21N3O4. The van der Waals surface area contributed by atoms with E-state index in [4.69, 9.17) is 10.5 Å². The molecule has 1 heterocycles. The molecule has 2 N–H and O–H groups in total. The quantitative estimate of drug-likeness (QED) is 0.682. The van der Waals surface area contributed by atoms with Gasteiger partial charge in [0.25, 0.3) is 5.69 Å². The van der Waals surface area contributed by atoms with Crippen molar-refractivity contribution in [1.29, 1.82) is 0 Å². The van der Waals surface area contributed by atoms with Gasteiger partial charge in [0, 0.05) is 30.9 Å². The third-order valence-electron chi connectivity index (χ3n) is 5.16. The monoisotopic (exact) mass is 319 g/mol. The summed E-state index contributed by atoms with van der Waals surface area (Å²) in [6, 6.07) is 5.03. The van der Waals surface area contributed by atoms with Gasteiger partial charge in [-0.05, 0) is 49.7 Å². The molecule has 124 valence electrons. The number of carbonyl (C=O) groups is 1. The second-order valence-electron chi connectivity index (χ2n) is 6.68. The number of benzene rings is 1. The van der Waals surface area contributed by atoms with Crippen LogP contribution in [-0.2, 0) is 4.74 Å². The number of ether oxygens (including phenoxy) is 1. The lowest BCUT2D eigenvalue weighted by Gasteiger charge is -2.51. The van der Waals surface area contributed by atoms with Gasteiger partial charge in [-0.1, -0.05) is 0 Å². The number of carbonyl (C=O) groups excluding carboxylic acids is 1. The fraction of sp³-hybridized carbons (Fsp3) is 0.562. The molecule has 1 aliphatic carbocycles. The average molecular weight is 319 g/mol. The molecule has 2 aliphatic rings. The number of rotatable bonds is 3. The van der Waals surface area contributed by atoms with E-state index in [9.17, 15) is 14.9 Å². The van der Waals surface area contributed by atoms with Crippen molar-refractivity contribution in [3.63, 3.8) is 0 Å². The molecular weight excluding hydrogens is 298 g/mol. The van der Waals surface area contributed by atoms with Crippen molar-refractivity contribution in [1.82, 2.24) is 0 Å². The number of aryl methyl sites for hydroxylation is 1. The fourth-order valence-electron chi connectivity index (χ4n) is 3.89. The van der Waals surface area contributed by atoms with E-state index in [1.54, 1.807) is 12.1 Å². The van der Waals surface area contributed by atoms with Crippen LogP contribution in [0.4, 0.5) is 16.2 Å². The van der Waals surface area contributed by atoms with Crippen LogP contribution in [0, 0.1) is 22.5 Å². The molecule has 7 nitrogen and oxygen atoms in total. The van der Waals surface area contributed by atoms with Gasteiger partial charge < -0.3 is 15.4 Å². The van der Waals surface area contributed by atoms with Crippen molar-refractivity contribution >= 4 is 17.5 Å². The summed E-state index contributed by atoms with van der Waals surface area (Å²) in [4.78, 5) is 23.5. The highest BCUT2D eigenvalue weighted by molar-refractivity contribution is 5.65. The minimum atomic E-state index is -0.691. The van der Waals surface area contributed by atoms with E-state index in [2.05, 4.69) is 4.90 Å². The molecule has 7 heteroatoms. The third-order valence-corrected chi connectivity index (χ3v) is 5.16.